The van der Waals surface area contributed by atoms with E-state index in [0.717, 1.165) is 18.4 Å². The molecule has 1 aliphatic rings. The van der Waals surface area contributed by atoms with Crippen molar-refractivity contribution in [3.63, 3.8) is 0 Å². The van der Waals surface area contributed by atoms with E-state index in [2.05, 4.69) is 5.32 Å². The summed E-state index contributed by atoms with van der Waals surface area (Å²) in [6.45, 7) is 7.70. The summed E-state index contributed by atoms with van der Waals surface area (Å²) in [5, 5.41) is 3.01. The molecule has 1 aromatic rings. The first-order valence-electron chi connectivity index (χ1n) is 8.88. The van der Waals surface area contributed by atoms with Gasteiger partial charge in [-0.1, -0.05) is 26.0 Å². The predicted molar refractivity (Wildman–Crippen MR) is 96.6 cm³/mol. The first kappa shape index (κ1) is 19.9. The van der Waals surface area contributed by atoms with Crippen molar-refractivity contribution in [3.8, 4) is 0 Å². The van der Waals surface area contributed by atoms with Crippen molar-refractivity contribution < 1.29 is 17.9 Å². The molecule has 1 heterocycles. The van der Waals surface area contributed by atoms with Crippen LogP contribution < -0.4 is 5.32 Å². The van der Waals surface area contributed by atoms with E-state index in [9.17, 15) is 13.2 Å². The Hall–Kier alpha value is -1.44. The lowest BCUT2D eigenvalue weighted by molar-refractivity contribution is -0.128. The van der Waals surface area contributed by atoms with Gasteiger partial charge in [-0.3, -0.25) is 4.79 Å². The number of hydrogen-bond acceptors (Lipinski definition) is 4. The maximum absolute atomic E-state index is 12.5. The Balaban J connectivity index is 2.04. The number of hydrogen-bond donors (Lipinski definition) is 1. The highest BCUT2D eigenvalue weighted by atomic mass is 32.2. The van der Waals surface area contributed by atoms with Crippen molar-refractivity contribution in [3.05, 3.63) is 29.8 Å². The highest BCUT2D eigenvalue weighted by Crippen LogP contribution is 2.21. The molecule has 1 aromatic carbocycles. The molecule has 2 rings (SSSR count). The minimum absolute atomic E-state index is 0.00137. The van der Waals surface area contributed by atoms with E-state index in [-0.39, 0.29) is 22.8 Å². The molecule has 1 saturated heterocycles. The molecule has 6 nitrogen and oxygen atoms in total. The van der Waals surface area contributed by atoms with Crippen molar-refractivity contribution in [1.82, 2.24) is 9.62 Å². The third-order valence-corrected chi connectivity index (χ3v) is 6.74. The SMILES string of the molecule is CCN(CC)S(=O)(=O)c1ccc(C(C)NC(=O)C2CCOCC2)cc1. The van der Waals surface area contributed by atoms with E-state index < -0.39 is 10.0 Å². The van der Waals surface area contributed by atoms with Crippen LogP contribution in [0.4, 0.5) is 0 Å². The molecule has 140 valence electrons. The Morgan fingerprint density at radius 3 is 2.28 bits per heavy atom. The zero-order valence-electron chi connectivity index (χ0n) is 15.2. The van der Waals surface area contributed by atoms with Gasteiger partial charge in [0.25, 0.3) is 0 Å². The highest BCUT2D eigenvalue weighted by Gasteiger charge is 2.24. The summed E-state index contributed by atoms with van der Waals surface area (Å²) in [4.78, 5) is 12.6. The molecule has 0 saturated carbocycles. The van der Waals surface area contributed by atoms with Crippen LogP contribution in [0.5, 0.6) is 0 Å². The molecule has 1 fully saturated rings. The molecule has 0 radical (unpaired) electrons. The van der Waals surface area contributed by atoms with Crippen LogP contribution in [-0.4, -0.2) is 44.9 Å². The topological polar surface area (TPSA) is 75.7 Å². The summed E-state index contributed by atoms with van der Waals surface area (Å²) < 4.78 is 31.7. The van der Waals surface area contributed by atoms with Gasteiger partial charge in [0.1, 0.15) is 0 Å². The van der Waals surface area contributed by atoms with Crippen LogP contribution in [0, 0.1) is 5.92 Å². The number of ether oxygens (including phenoxy) is 1. The number of carbonyl (C=O) groups excluding carboxylic acids is 1. The molecule has 0 bridgehead atoms. The fraction of sp³-hybridized carbons (Fsp3) is 0.611. The van der Waals surface area contributed by atoms with Gasteiger partial charge in [-0.2, -0.15) is 4.31 Å². The lowest BCUT2D eigenvalue weighted by Gasteiger charge is -2.24. The van der Waals surface area contributed by atoms with E-state index in [1.165, 1.54) is 4.31 Å². The van der Waals surface area contributed by atoms with E-state index in [4.69, 9.17) is 4.74 Å². The maximum Gasteiger partial charge on any atom is 0.243 e. The number of amides is 1. The van der Waals surface area contributed by atoms with Gasteiger partial charge in [-0.15, -0.1) is 0 Å². The highest BCUT2D eigenvalue weighted by molar-refractivity contribution is 7.89. The van der Waals surface area contributed by atoms with Crippen LogP contribution in [-0.2, 0) is 19.6 Å². The van der Waals surface area contributed by atoms with Crippen LogP contribution in [0.25, 0.3) is 0 Å². The van der Waals surface area contributed by atoms with Crippen LogP contribution in [0.2, 0.25) is 0 Å². The Labute approximate surface area is 150 Å². The first-order valence-corrected chi connectivity index (χ1v) is 10.3. The van der Waals surface area contributed by atoms with Crippen molar-refractivity contribution in [2.24, 2.45) is 5.92 Å². The Morgan fingerprint density at radius 1 is 1.20 bits per heavy atom. The van der Waals surface area contributed by atoms with Gasteiger partial charge < -0.3 is 10.1 Å². The first-order chi connectivity index (χ1) is 11.9. The number of nitrogens with one attached hydrogen (secondary N) is 1. The van der Waals surface area contributed by atoms with Crippen LogP contribution >= 0.6 is 0 Å². The van der Waals surface area contributed by atoms with Gasteiger partial charge in [0.05, 0.1) is 10.9 Å². The fourth-order valence-electron chi connectivity index (χ4n) is 3.02. The third kappa shape index (κ3) is 4.80. The average molecular weight is 368 g/mol. The molecular formula is C18H28N2O4S. The second-order valence-corrected chi connectivity index (χ2v) is 8.21. The Bertz CT molecular complexity index is 663. The normalized spacial score (nSPS) is 17.4. The summed E-state index contributed by atoms with van der Waals surface area (Å²) >= 11 is 0. The molecule has 1 unspecified atom stereocenters. The monoisotopic (exact) mass is 368 g/mol. The van der Waals surface area contributed by atoms with Crippen LogP contribution in [0.3, 0.4) is 0 Å². The lowest BCUT2D eigenvalue weighted by atomic mass is 9.98. The van der Waals surface area contributed by atoms with Crippen molar-refractivity contribution in [2.45, 2.75) is 44.6 Å². The molecule has 1 aliphatic heterocycles. The molecule has 1 atom stereocenters. The van der Waals surface area contributed by atoms with Gasteiger partial charge in [0, 0.05) is 32.2 Å². The molecule has 0 aromatic heterocycles. The predicted octanol–water partition coefficient (Wildman–Crippen LogP) is 2.32. The maximum atomic E-state index is 12.5. The summed E-state index contributed by atoms with van der Waals surface area (Å²) in [5.41, 5.74) is 0.888. The summed E-state index contributed by atoms with van der Waals surface area (Å²) in [5.74, 6) is 0.0363. The molecule has 25 heavy (non-hydrogen) atoms. The number of rotatable bonds is 7. The second-order valence-electron chi connectivity index (χ2n) is 6.28. The molecular weight excluding hydrogens is 340 g/mol. The number of benzene rings is 1. The molecule has 7 heteroatoms. The van der Waals surface area contributed by atoms with Gasteiger partial charge in [0.2, 0.25) is 15.9 Å². The smallest absolute Gasteiger partial charge is 0.243 e. The van der Waals surface area contributed by atoms with Gasteiger partial charge >= 0.3 is 0 Å². The Kier molecular flexibility index (Phi) is 6.98. The minimum atomic E-state index is -3.45. The summed E-state index contributed by atoms with van der Waals surface area (Å²) in [6.07, 6.45) is 1.50. The van der Waals surface area contributed by atoms with Gasteiger partial charge in [-0.05, 0) is 37.5 Å². The fourth-order valence-corrected chi connectivity index (χ4v) is 4.47. The average Bonchev–Trinajstić information content (AvgIpc) is 2.63. The standard InChI is InChI=1S/C18H28N2O4S/c1-4-20(5-2)25(22,23)17-8-6-15(7-9-17)14(3)19-18(21)16-10-12-24-13-11-16/h6-9,14,16H,4-5,10-13H2,1-3H3,(H,19,21). The van der Waals surface area contributed by atoms with E-state index in [1.54, 1.807) is 24.3 Å². The van der Waals surface area contributed by atoms with E-state index in [1.807, 2.05) is 20.8 Å². The van der Waals surface area contributed by atoms with Gasteiger partial charge in [-0.25, -0.2) is 8.42 Å². The quantitative estimate of drug-likeness (QED) is 0.801. The molecule has 0 spiro atoms. The number of nitrogens with zero attached hydrogens (tertiary/aromatic N) is 1. The molecule has 0 aliphatic carbocycles. The molecule has 1 amide bonds. The second kappa shape index (κ2) is 8.78. The zero-order valence-corrected chi connectivity index (χ0v) is 16.0. The molecule has 1 N–H and O–H groups in total. The van der Waals surface area contributed by atoms with Crippen LogP contribution in [0.1, 0.15) is 45.2 Å². The van der Waals surface area contributed by atoms with Gasteiger partial charge in [0.15, 0.2) is 0 Å². The zero-order chi connectivity index (χ0) is 18.4. The van der Waals surface area contributed by atoms with E-state index in [0.29, 0.717) is 26.3 Å². The number of carbonyl (C=O) groups is 1. The minimum Gasteiger partial charge on any atom is -0.381 e. The van der Waals surface area contributed by atoms with Crippen LogP contribution in [0.15, 0.2) is 29.2 Å². The van der Waals surface area contributed by atoms with Crippen molar-refractivity contribution in [2.75, 3.05) is 26.3 Å². The summed E-state index contributed by atoms with van der Waals surface area (Å²) in [7, 11) is -3.45. The largest absolute Gasteiger partial charge is 0.381 e. The van der Waals surface area contributed by atoms with Crippen molar-refractivity contribution in [1.29, 1.82) is 0 Å². The number of sulfonamides is 1. The van der Waals surface area contributed by atoms with Crippen molar-refractivity contribution >= 4 is 15.9 Å². The lowest BCUT2D eigenvalue weighted by Crippen LogP contribution is -2.35. The Morgan fingerprint density at radius 2 is 1.76 bits per heavy atom. The summed E-state index contributed by atoms with van der Waals surface area (Å²) in [6, 6.07) is 6.59. The third-order valence-electron chi connectivity index (χ3n) is 4.67. The van der Waals surface area contributed by atoms with E-state index >= 15 is 0 Å².